The molecule has 2 saturated heterocycles. The van der Waals surface area contributed by atoms with Crippen LogP contribution in [0.15, 0.2) is 24.4 Å². The summed E-state index contributed by atoms with van der Waals surface area (Å²) in [6, 6.07) is 8.84. The number of aromatic nitrogens is 1. The maximum absolute atomic E-state index is 4.55. The zero-order valence-electron chi connectivity index (χ0n) is 12.3. The highest BCUT2D eigenvalue weighted by Crippen LogP contribution is 2.37. The van der Waals surface area contributed by atoms with Gasteiger partial charge in [0, 0.05) is 43.5 Å². The average molecular weight is 259 g/mol. The molecule has 0 aliphatic carbocycles. The molecule has 2 fully saturated rings. The van der Waals surface area contributed by atoms with Gasteiger partial charge in [0.25, 0.3) is 0 Å². The number of fused-ring (bicyclic) bond motifs is 2. The molecule has 0 radical (unpaired) electrons. The van der Waals surface area contributed by atoms with Crippen molar-refractivity contribution in [2.45, 2.75) is 57.8 Å². The van der Waals surface area contributed by atoms with Gasteiger partial charge in [0.2, 0.25) is 0 Å². The summed E-state index contributed by atoms with van der Waals surface area (Å²) >= 11 is 0. The van der Waals surface area contributed by atoms with E-state index >= 15 is 0 Å². The Morgan fingerprint density at radius 1 is 1.11 bits per heavy atom. The van der Waals surface area contributed by atoms with Crippen molar-refractivity contribution in [2.75, 3.05) is 13.1 Å². The van der Waals surface area contributed by atoms with Crippen LogP contribution in [0.2, 0.25) is 0 Å². The molecular formula is C16H25N3. The van der Waals surface area contributed by atoms with Gasteiger partial charge in [-0.25, -0.2) is 0 Å². The monoisotopic (exact) mass is 259 g/mol. The van der Waals surface area contributed by atoms with Gasteiger partial charge in [0.1, 0.15) is 0 Å². The van der Waals surface area contributed by atoms with Gasteiger partial charge >= 0.3 is 0 Å². The highest BCUT2D eigenvalue weighted by atomic mass is 15.3. The Kier molecular flexibility index (Phi) is 3.59. The summed E-state index contributed by atoms with van der Waals surface area (Å²) in [6.45, 7) is 9.41. The predicted octanol–water partition coefficient (Wildman–Crippen LogP) is 2.70. The Morgan fingerprint density at radius 2 is 1.79 bits per heavy atom. The molecule has 3 atom stereocenters. The Bertz CT molecular complexity index is 403. The summed E-state index contributed by atoms with van der Waals surface area (Å²) in [7, 11) is 0. The lowest BCUT2D eigenvalue weighted by molar-refractivity contribution is 0.0226. The molecular weight excluding hydrogens is 234 g/mol. The lowest BCUT2D eigenvalue weighted by Gasteiger charge is -2.45. The zero-order chi connectivity index (χ0) is 13.4. The summed E-state index contributed by atoms with van der Waals surface area (Å²) in [5, 5.41) is 0. The first-order chi connectivity index (χ1) is 9.16. The lowest BCUT2D eigenvalue weighted by atomic mass is 10.1. The fourth-order valence-electron chi connectivity index (χ4n) is 3.80. The fraction of sp³-hybridized carbons (Fsp3) is 0.688. The third kappa shape index (κ3) is 2.41. The van der Waals surface area contributed by atoms with Gasteiger partial charge in [0.05, 0.1) is 5.69 Å². The number of pyridine rings is 1. The van der Waals surface area contributed by atoms with Gasteiger partial charge in [-0.05, 0) is 45.7 Å². The van der Waals surface area contributed by atoms with Gasteiger partial charge in [-0.2, -0.15) is 0 Å². The Balaban J connectivity index is 1.77. The molecule has 1 aromatic rings. The molecule has 0 saturated carbocycles. The van der Waals surface area contributed by atoms with E-state index < -0.39 is 0 Å². The van der Waals surface area contributed by atoms with Crippen molar-refractivity contribution in [1.82, 2.24) is 14.8 Å². The van der Waals surface area contributed by atoms with Crippen LogP contribution in [0.4, 0.5) is 0 Å². The van der Waals surface area contributed by atoms with Crippen molar-refractivity contribution in [2.24, 2.45) is 0 Å². The fourth-order valence-corrected chi connectivity index (χ4v) is 3.80. The Morgan fingerprint density at radius 3 is 2.32 bits per heavy atom. The van der Waals surface area contributed by atoms with E-state index in [1.165, 1.54) is 31.6 Å². The highest BCUT2D eigenvalue weighted by molar-refractivity contribution is 5.11. The quantitative estimate of drug-likeness (QED) is 0.832. The van der Waals surface area contributed by atoms with Crippen molar-refractivity contribution >= 4 is 0 Å². The molecule has 0 amide bonds. The number of piperazine rings is 1. The predicted molar refractivity (Wildman–Crippen MR) is 78.0 cm³/mol. The SMILES string of the molecule is CC(C)N1CC2CCC(C1)N2[C@H](C)c1ccccn1. The summed E-state index contributed by atoms with van der Waals surface area (Å²) in [6.07, 6.45) is 4.62. The number of likely N-dealkylation sites (tertiary alicyclic amines) is 1. The number of rotatable bonds is 3. The van der Waals surface area contributed by atoms with Crippen molar-refractivity contribution in [3.63, 3.8) is 0 Å². The van der Waals surface area contributed by atoms with E-state index in [1.54, 1.807) is 0 Å². The molecule has 104 valence electrons. The van der Waals surface area contributed by atoms with Gasteiger partial charge in [0.15, 0.2) is 0 Å². The third-order valence-electron chi connectivity index (χ3n) is 4.86. The maximum Gasteiger partial charge on any atom is 0.0572 e. The highest BCUT2D eigenvalue weighted by Gasteiger charge is 2.42. The van der Waals surface area contributed by atoms with E-state index in [9.17, 15) is 0 Å². The largest absolute Gasteiger partial charge is 0.298 e. The standard InChI is InChI=1S/C16H25N3/c1-12(2)18-10-14-7-8-15(11-18)19(14)13(3)16-6-4-5-9-17-16/h4-6,9,12-15H,7-8,10-11H2,1-3H3/t13-,14?,15?/m1/s1. The molecule has 3 rings (SSSR count). The van der Waals surface area contributed by atoms with E-state index in [2.05, 4.69) is 47.7 Å². The second-order valence-electron chi connectivity index (χ2n) is 6.31. The second-order valence-corrected chi connectivity index (χ2v) is 6.31. The van der Waals surface area contributed by atoms with E-state index in [0.717, 1.165) is 12.1 Å². The van der Waals surface area contributed by atoms with Crippen LogP contribution >= 0.6 is 0 Å². The van der Waals surface area contributed by atoms with E-state index in [1.807, 2.05) is 12.3 Å². The average Bonchev–Trinajstić information content (AvgIpc) is 2.68. The van der Waals surface area contributed by atoms with Crippen molar-refractivity contribution in [3.8, 4) is 0 Å². The van der Waals surface area contributed by atoms with Crippen LogP contribution in [-0.2, 0) is 0 Å². The summed E-state index contributed by atoms with van der Waals surface area (Å²) in [5.74, 6) is 0. The molecule has 2 aliphatic rings. The number of nitrogens with zero attached hydrogens (tertiary/aromatic N) is 3. The minimum atomic E-state index is 0.452. The van der Waals surface area contributed by atoms with Crippen LogP contribution < -0.4 is 0 Å². The first-order valence-electron chi connectivity index (χ1n) is 7.59. The van der Waals surface area contributed by atoms with Gasteiger partial charge in [-0.1, -0.05) is 6.07 Å². The molecule has 2 bridgehead atoms. The molecule has 19 heavy (non-hydrogen) atoms. The van der Waals surface area contributed by atoms with Crippen molar-refractivity contribution in [1.29, 1.82) is 0 Å². The third-order valence-corrected chi connectivity index (χ3v) is 4.86. The van der Waals surface area contributed by atoms with Crippen LogP contribution in [-0.4, -0.2) is 46.0 Å². The van der Waals surface area contributed by atoms with Crippen LogP contribution in [0.3, 0.4) is 0 Å². The minimum Gasteiger partial charge on any atom is -0.298 e. The molecule has 0 spiro atoms. The summed E-state index contributed by atoms with van der Waals surface area (Å²) < 4.78 is 0. The zero-order valence-corrected chi connectivity index (χ0v) is 12.3. The van der Waals surface area contributed by atoms with Crippen LogP contribution in [0, 0.1) is 0 Å². The topological polar surface area (TPSA) is 19.4 Å². The molecule has 2 unspecified atom stereocenters. The molecule has 3 nitrogen and oxygen atoms in total. The molecule has 1 aromatic heterocycles. The molecule has 3 heteroatoms. The maximum atomic E-state index is 4.55. The van der Waals surface area contributed by atoms with Crippen LogP contribution in [0.25, 0.3) is 0 Å². The van der Waals surface area contributed by atoms with Gasteiger partial charge in [-0.3, -0.25) is 14.8 Å². The molecule has 0 aromatic carbocycles. The molecule has 3 heterocycles. The second kappa shape index (κ2) is 5.22. The lowest BCUT2D eigenvalue weighted by Crippen LogP contribution is -2.55. The normalized spacial score (nSPS) is 29.9. The Hall–Kier alpha value is -0.930. The van der Waals surface area contributed by atoms with Crippen LogP contribution in [0.1, 0.15) is 45.3 Å². The van der Waals surface area contributed by atoms with E-state index in [4.69, 9.17) is 0 Å². The number of hydrogen-bond donors (Lipinski definition) is 0. The van der Waals surface area contributed by atoms with Gasteiger partial charge < -0.3 is 0 Å². The minimum absolute atomic E-state index is 0.452. The van der Waals surface area contributed by atoms with Crippen molar-refractivity contribution < 1.29 is 0 Å². The number of hydrogen-bond acceptors (Lipinski definition) is 3. The smallest absolute Gasteiger partial charge is 0.0572 e. The summed E-state index contributed by atoms with van der Waals surface area (Å²) in [4.78, 5) is 9.92. The van der Waals surface area contributed by atoms with E-state index in [-0.39, 0.29) is 0 Å². The molecule has 2 aliphatic heterocycles. The van der Waals surface area contributed by atoms with E-state index in [0.29, 0.717) is 12.1 Å². The molecule has 0 N–H and O–H groups in total. The van der Waals surface area contributed by atoms with Gasteiger partial charge in [-0.15, -0.1) is 0 Å². The summed E-state index contributed by atoms with van der Waals surface area (Å²) in [5.41, 5.74) is 1.22. The first kappa shape index (κ1) is 13.1. The van der Waals surface area contributed by atoms with Crippen molar-refractivity contribution in [3.05, 3.63) is 30.1 Å². The van der Waals surface area contributed by atoms with Crippen LogP contribution in [0.5, 0.6) is 0 Å². The Labute approximate surface area is 116 Å². The first-order valence-corrected chi connectivity index (χ1v) is 7.59.